The van der Waals surface area contributed by atoms with Crippen LogP contribution in [0.3, 0.4) is 0 Å². The van der Waals surface area contributed by atoms with Crippen LogP contribution < -0.4 is 15.2 Å². The van der Waals surface area contributed by atoms with Crippen molar-refractivity contribution in [2.24, 2.45) is 10.6 Å². The minimum Gasteiger partial charge on any atom is -0.497 e. The third-order valence-electron chi connectivity index (χ3n) is 5.36. The Morgan fingerprint density at radius 2 is 1.78 bits per heavy atom. The second-order valence-electron chi connectivity index (χ2n) is 7.55. The van der Waals surface area contributed by atoms with E-state index in [1.807, 2.05) is 13.0 Å². The van der Waals surface area contributed by atoms with Crippen molar-refractivity contribution in [1.82, 2.24) is 5.32 Å². The van der Waals surface area contributed by atoms with Gasteiger partial charge in [0.2, 0.25) is 10.0 Å². The number of methoxy groups -OCH3 is 1. The molecule has 144 valence electrons. The highest BCUT2D eigenvalue weighted by Gasteiger charge is 2.59. The van der Waals surface area contributed by atoms with Crippen LogP contribution in [0.5, 0.6) is 5.75 Å². The molecule has 3 N–H and O–H groups in total. The Balaban J connectivity index is 1.77. The number of benzene rings is 2. The largest absolute Gasteiger partial charge is 0.497 e. The molecule has 0 aromatic heterocycles. The van der Waals surface area contributed by atoms with Crippen LogP contribution in [0, 0.1) is 12.3 Å². The Morgan fingerprint density at radius 1 is 1.15 bits per heavy atom. The highest BCUT2D eigenvalue weighted by Crippen LogP contribution is 2.58. The predicted molar refractivity (Wildman–Crippen MR) is 103 cm³/mol. The van der Waals surface area contributed by atoms with Gasteiger partial charge in [0, 0.05) is 17.5 Å². The molecule has 6 nitrogen and oxygen atoms in total. The summed E-state index contributed by atoms with van der Waals surface area (Å²) in [6.07, 6.45) is 0. The number of carbonyl (C=O) groups excluding carboxylic acids is 1. The van der Waals surface area contributed by atoms with Gasteiger partial charge < -0.3 is 10.1 Å². The van der Waals surface area contributed by atoms with E-state index in [0.717, 1.165) is 11.1 Å². The van der Waals surface area contributed by atoms with Gasteiger partial charge in [-0.15, -0.1) is 0 Å². The lowest BCUT2D eigenvalue weighted by Gasteiger charge is -2.10. The molecule has 2 aromatic rings. The Labute approximate surface area is 159 Å². The highest BCUT2D eigenvalue weighted by atomic mass is 32.2. The number of hydrogen-bond donors (Lipinski definition) is 2. The molecule has 1 fully saturated rings. The zero-order valence-electron chi connectivity index (χ0n) is 15.8. The number of hydrogen-bond acceptors (Lipinski definition) is 4. The summed E-state index contributed by atoms with van der Waals surface area (Å²) in [5.74, 6) is 0.690. The molecule has 0 bridgehead atoms. The van der Waals surface area contributed by atoms with E-state index in [0.29, 0.717) is 11.3 Å². The van der Waals surface area contributed by atoms with E-state index in [2.05, 4.69) is 19.2 Å². The van der Waals surface area contributed by atoms with Crippen LogP contribution in [0.4, 0.5) is 0 Å². The van der Waals surface area contributed by atoms with Gasteiger partial charge in [0.15, 0.2) is 0 Å². The van der Waals surface area contributed by atoms with Crippen LogP contribution in [0.25, 0.3) is 0 Å². The maximum Gasteiger partial charge on any atom is 0.251 e. The zero-order chi connectivity index (χ0) is 20.0. The van der Waals surface area contributed by atoms with Gasteiger partial charge in [0.05, 0.1) is 12.0 Å². The van der Waals surface area contributed by atoms with Crippen molar-refractivity contribution in [2.45, 2.75) is 37.6 Å². The normalized spacial score (nSPS) is 20.8. The molecular weight excluding hydrogens is 364 g/mol. The first kappa shape index (κ1) is 19.4. The number of ether oxygens (including phenoxy) is 1. The van der Waals surface area contributed by atoms with E-state index >= 15 is 0 Å². The van der Waals surface area contributed by atoms with Crippen molar-refractivity contribution >= 4 is 15.9 Å². The average Bonchev–Trinajstić information content (AvgIpc) is 3.13. The first-order valence-electron chi connectivity index (χ1n) is 8.64. The zero-order valence-corrected chi connectivity index (χ0v) is 16.6. The van der Waals surface area contributed by atoms with Crippen LogP contribution in [-0.2, 0) is 10.0 Å². The molecule has 27 heavy (non-hydrogen) atoms. The molecule has 0 unspecified atom stereocenters. The summed E-state index contributed by atoms with van der Waals surface area (Å²) >= 11 is 0. The lowest BCUT2D eigenvalue weighted by atomic mass is 10.0. The standard InChI is InChI=1S/C20H24N2O4S/c1-12-11-14(26-4)7-10-16(12)19(23)22-18-17(20(18,2)3)13-5-8-15(9-6-13)27(21,24)25/h5-11,17-18H,1-4H3,(H,22,23)(H2,21,24,25)/t17-,18-/m0/s1. The number of primary sulfonamides is 1. The summed E-state index contributed by atoms with van der Waals surface area (Å²) in [6, 6.07) is 11.9. The van der Waals surface area contributed by atoms with E-state index < -0.39 is 10.0 Å². The topological polar surface area (TPSA) is 98.5 Å². The Hall–Kier alpha value is -2.38. The molecule has 3 rings (SSSR count). The molecule has 0 heterocycles. The fourth-order valence-electron chi connectivity index (χ4n) is 3.63. The molecule has 2 atom stereocenters. The van der Waals surface area contributed by atoms with Crippen molar-refractivity contribution in [3.63, 3.8) is 0 Å². The molecular formula is C20H24N2O4S. The van der Waals surface area contributed by atoms with Crippen molar-refractivity contribution in [2.75, 3.05) is 7.11 Å². The summed E-state index contributed by atoms with van der Waals surface area (Å²) < 4.78 is 28.0. The van der Waals surface area contributed by atoms with Gasteiger partial charge in [-0.3, -0.25) is 4.79 Å². The van der Waals surface area contributed by atoms with Gasteiger partial charge in [-0.1, -0.05) is 26.0 Å². The SMILES string of the molecule is COc1ccc(C(=O)N[C@H]2[C@H](c3ccc(S(N)(=O)=O)cc3)C2(C)C)c(C)c1. The van der Waals surface area contributed by atoms with Crippen LogP contribution in [0.1, 0.15) is 41.3 Å². The van der Waals surface area contributed by atoms with E-state index in [1.54, 1.807) is 31.4 Å². The lowest BCUT2D eigenvalue weighted by molar-refractivity contribution is 0.0945. The maximum absolute atomic E-state index is 12.7. The maximum atomic E-state index is 12.7. The first-order chi connectivity index (χ1) is 12.6. The summed E-state index contributed by atoms with van der Waals surface area (Å²) in [4.78, 5) is 12.8. The molecule has 1 saturated carbocycles. The molecule has 0 radical (unpaired) electrons. The van der Waals surface area contributed by atoms with Crippen LogP contribution in [-0.4, -0.2) is 27.5 Å². The van der Waals surface area contributed by atoms with E-state index in [1.165, 1.54) is 12.1 Å². The Bertz CT molecular complexity index is 982. The number of aryl methyl sites for hydroxylation is 1. The second kappa shape index (κ2) is 6.65. The smallest absolute Gasteiger partial charge is 0.251 e. The van der Waals surface area contributed by atoms with Gasteiger partial charge in [-0.25, -0.2) is 13.6 Å². The van der Waals surface area contributed by atoms with Crippen molar-refractivity contribution < 1.29 is 17.9 Å². The number of nitrogens with two attached hydrogens (primary N) is 1. The number of amides is 1. The third-order valence-corrected chi connectivity index (χ3v) is 6.29. The van der Waals surface area contributed by atoms with Crippen LogP contribution in [0.2, 0.25) is 0 Å². The number of nitrogens with one attached hydrogen (secondary N) is 1. The van der Waals surface area contributed by atoms with Crippen molar-refractivity contribution in [1.29, 1.82) is 0 Å². The molecule has 0 aliphatic heterocycles. The number of rotatable bonds is 5. The Morgan fingerprint density at radius 3 is 2.30 bits per heavy atom. The molecule has 2 aromatic carbocycles. The van der Waals surface area contributed by atoms with Gasteiger partial charge in [0.1, 0.15) is 5.75 Å². The molecule has 1 aliphatic carbocycles. The fourth-order valence-corrected chi connectivity index (χ4v) is 4.15. The number of carbonyl (C=O) groups is 1. The summed E-state index contributed by atoms with van der Waals surface area (Å²) in [5, 5.41) is 8.26. The van der Waals surface area contributed by atoms with E-state index in [9.17, 15) is 13.2 Å². The molecule has 0 saturated heterocycles. The summed E-state index contributed by atoms with van der Waals surface area (Å²) in [6.45, 7) is 6.03. The van der Waals surface area contributed by atoms with Gasteiger partial charge >= 0.3 is 0 Å². The minimum atomic E-state index is -3.71. The molecule has 0 spiro atoms. The Kier molecular flexibility index (Phi) is 4.78. The van der Waals surface area contributed by atoms with Gasteiger partial charge in [-0.05, 0) is 53.8 Å². The lowest BCUT2D eigenvalue weighted by Crippen LogP contribution is -2.29. The monoisotopic (exact) mass is 388 g/mol. The fraction of sp³-hybridized carbons (Fsp3) is 0.350. The predicted octanol–water partition coefficient (Wildman–Crippen LogP) is 2.57. The highest BCUT2D eigenvalue weighted by molar-refractivity contribution is 7.89. The van der Waals surface area contributed by atoms with Gasteiger partial charge in [0.25, 0.3) is 5.91 Å². The second-order valence-corrected chi connectivity index (χ2v) is 9.11. The summed E-state index contributed by atoms with van der Waals surface area (Å²) in [5.41, 5.74) is 2.31. The van der Waals surface area contributed by atoms with Gasteiger partial charge in [-0.2, -0.15) is 0 Å². The van der Waals surface area contributed by atoms with Crippen LogP contribution >= 0.6 is 0 Å². The molecule has 1 amide bonds. The quantitative estimate of drug-likeness (QED) is 0.822. The third kappa shape index (κ3) is 3.70. The van der Waals surface area contributed by atoms with Crippen LogP contribution in [0.15, 0.2) is 47.4 Å². The van der Waals surface area contributed by atoms with E-state index in [4.69, 9.17) is 9.88 Å². The molecule has 7 heteroatoms. The number of sulfonamides is 1. The van der Waals surface area contributed by atoms with Crippen molar-refractivity contribution in [3.05, 3.63) is 59.2 Å². The van der Waals surface area contributed by atoms with E-state index in [-0.39, 0.29) is 28.2 Å². The van der Waals surface area contributed by atoms with Crippen molar-refractivity contribution in [3.8, 4) is 5.75 Å². The average molecular weight is 388 g/mol. The molecule has 1 aliphatic rings. The first-order valence-corrected chi connectivity index (χ1v) is 10.2. The minimum absolute atomic E-state index is 0.0353. The summed E-state index contributed by atoms with van der Waals surface area (Å²) in [7, 11) is -2.12.